The Morgan fingerprint density at radius 1 is 1.21 bits per heavy atom. The minimum Gasteiger partial charge on any atom is -0.506 e. The summed E-state index contributed by atoms with van der Waals surface area (Å²) in [5.74, 6) is -2.43. The van der Waals surface area contributed by atoms with Crippen molar-refractivity contribution < 1.29 is 27.1 Å². The molecule has 1 saturated carbocycles. The third kappa shape index (κ3) is 3.19. The van der Waals surface area contributed by atoms with Gasteiger partial charge in [0.2, 0.25) is 0 Å². The molecule has 28 heavy (non-hydrogen) atoms. The van der Waals surface area contributed by atoms with Gasteiger partial charge < -0.3 is 9.67 Å². The number of anilines is 1. The molecule has 2 aliphatic rings. The fourth-order valence-corrected chi connectivity index (χ4v) is 4.81. The highest BCUT2D eigenvalue weighted by molar-refractivity contribution is 7.92. The summed E-state index contributed by atoms with van der Waals surface area (Å²) in [6.07, 6.45) is 4.58. The van der Waals surface area contributed by atoms with Gasteiger partial charge in [0, 0.05) is 17.8 Å². The van der Waals surface area contributed by atoms with E-state index in [4.69, 9.17) is 0 Å². The number of carbonyl (C=O) groups excluding carboxylic acids is 1. The fourth-order valence-electron chi connectivity index (χ4n) is 3.64. The van der Waals surface area contributed by atoms with Crippen LogP contribution in [0.4, 0.5) is 14.5 Å². The number of aromatic nitrogens is 2. The van der Waals surface area contributed by atoms with Gasteiger partial charge in [-0.15, -0.1) is 0 Å². The van der Waals surface area contributed by atoms with Crippen molar-refractivity contribution in [3.63, 3.8) is 0 Å². The number of phenols is 1. The minimum absolute atomic E-state index is 0.0136. The van der Waals surface area contributed by atoms with Gasteiger partial charge in [-0.1, -0.05) is 0 Å². The average molecular weight is 412 g/mol. The van der Waals surface area contributed by atoms with Crippen molar-refractivity contribution in [1.29, 1.82) is 0 Å². The lowest BCUT2D eigenvalue weighted by atomic mass is 9.94. The summed E-state index contributed by atoms with van der Waals surface area (Å²) in [5, 5.41) is 10.0. The summed E-state index contributed by atoms with van der Waals surface area (Å²) in [7, 11) is -4.28. The van der Waals surface area contributed by atoms with E-state index < -0.39 is 46.1 Å². The van der Waals surface area contributed by atoms with Crippen LogP contribution in [0.1, 0.15) is 31.7 Å². The van der Waals surface area contributed by atoms with E-state index in [-0.39, 0.29) is 17.3 Å². The van der Waals surface area contributed by atoms with Crippen LogP contribution in [0, 0.1) is 5.82 Å². The summed E-state index contributed by atoms with van der Waals surface area (Å²) in [4.78, 5) is 15.6. The first kappa shape index (κ1) is 18.7. The van der Waals surface area contributed by atoms with Crippen LogP contribution in [0.5, 0.6) is 5.75 Å². The molecule has 1 aliphatic carbocycles. The van der Waals surface area contributed by atoms with E-state index >= 15 is 4.39 Å². The predicted octanol–water partition coefficient (Wildman–Crippen LogP) is 2.03. The van der Waals surface area contributed by atoms with Crippen LogP contribution in [-0.2, 0) is 15.0 Å². The molecule has 2 aromatic rings. The van der Waals surface area contributed by atoms with E-state index in [1.54, 1.807) is 15.5 Å². The number of imidazole rings is 1. The van der Waals surface area contributed by atoms with E-state index in [1.807, 2.05) is 0 Å². The first-order chi connectivity index (χ1) is 13.3. The molecule has 8 nitrogen and oxygen atoms in total. The number of hydrogen-bond donors (Lipinski definition) is 2. The maximum atomic E-state index is 15.1. The van der Waals surface area contributed by atoms with Crippen molar-refractivity contribution >= 4 is 21.8 Å². The first-order valence-corrected chi connectivity index (χ1v) is 10.2. The first-order valence-electron chi connectivity index (χ1n) is 8.79. The van der Waals surface area contributed by atoms with Crippen molar-refractivity contribution in [3.05, 3.63) is 30.5 Å². The van der Waals surface area contributed by atoms with Crippen LogP contribution in [-0.4, -0.2) is 41.7 Å². The molecule has 1 aromatic carbocycles. The summed E-state index contributed by atoms with van der Waals surface area (Å²) in [6.45, 7) is -0.628. The van der Waals surface area contributed by atoms with Crippen LogP contribution in [0.15, 0.2) is 24.7 Å². The summed E-state index contributed by atoms with van der Waals surface area (Å²) in [5.41, 5.74) is -0.374. The van der Waals surface area contributed by atoms with Crippen LogP contribution in [0.3, 0.4) is 0 Å². The second-order valence-corrected chi connectivity index (χ2v) is 8.54. The number of phenolic OH excluding ortho intramolecular Hbond substituents is 1. The SMILES string of the molecule is O=C1CN(c2c(O)ccc(-c3cn(C4CCC(F)CC4)cn3)c2F)S(=O)(=O)N1. The van der Waals surface area contributed by atoms with Crippen LogP contribution < -0.4 is 9.03 Å². The van der Waals surface area contributed by atoms with Crippen LogP contribution in [0.2, 0.25) is 0 Å². The maximum Gasteiger partial charge on any atom is 0.326 e. The maximum absolute atomic E-state index is 15.1. The molecule has 1 saturated heterocycles. The molecule has 11 heteroatoms. The molecule has 150 valence electrons. The number of nitrogens with one attached hydrogen (secondary N) is 1. The number of amides is 1. The lowest BCUT2D eigenvalue weighted by Gasteiger charge is -2.25. The normalized spacial score (nSPS) is 24.4. The molecule has 0 atom stereocenters. The zero-order chi connectivity index (χ0) is 20.1. The number of hydrogen-bond acceptors (Lipinski definition) is 5. The molecular weight excluding hydrogens is 394 g/mol. The summed E-state index contributed by atoms with van der Waals surface area (Å²) < 4.78 is 56.6. The number of alkyl halides is 1. The number of aromatic hydroxyl groups is 1. The number of benzene rings is 1. The third-order valence-electron chi connectivity index (χ3n) is 5.09. The minimum atomic E-state index is -4.28. The lowest BCUT2D eigenvalue weighted by Crippen LogP contribution is -2.30. The van der Waals surface area contributed by atoms with Crippen LogP contribution >= 0.6 is 0 Å². The summed E-state index contributed by atoms with van der Waals surface area (Å²) >= 11 is 0. The number of carbonyl (C=O) groups is 1. The monoisotopic (exact) mass is 412 g/mol. The zero-order valence-corrected chi connectivity index (χ0v) is 15.5. The topological polar surface area (TPSA) is 105 Å². The van der Waals surface area contributed by atoms with Gasteiger partial charge in [0.25, 0.3) is 5.91 Å². The van der Waals surface area contributed by atoms with Gasteiger partial charge in [0.1, 0.15) is 24.2 Å². The van der Waals surface area contributed by atoms with E-state index in [1.165, 1.54) is 12.4 Å². The molecule has 2 fully saturated rings. The van der Waals surface area contributed by atoms with Gasteiger partial charge in [-0.3, -0.25) is 4.79 Å². The van der Waals surface area contributed by atoms with Crippen molar-refractivity contribution in [1.82, 2.24) is 14.3 Å². The highest BCUT2D eigenvalue weighted by Gasteiger charge is 2.38. The molecule has 2 heterocycles. The Morgan fingerprint density at radius 3 is 2.57 bits per heavy atom. The van der Waals surface area contributed by atoms with E-state index in [0.717, 1.165) is 6.07 Å². The Morgan fingerprint density at radius 2 is 1.93 bits per heavy atom. The fraction of sp³-hybridized carbons (Fsp3) is 0.412. The van der Waals surface area contributed by atoms with Gasteiger partial charge in [-0.25, -0.2) is 22.8 Å². The van der Waals surface area contributed by atoms with Crippen LogP contribution in [0.25, 0.3) is 11.3 Å². The molecule has 1 aliphatic heterocycles. The van der Waals surface area contributed by atoms with Crippen molar-refractivity contribution in [2.24, 2.45) is 0 Å². The smallest absolute Gasteiger partial charge is 0.326 e. The molecule has 0 spiro atoms. The van der Waals surface area contributed by atoms with Gasteiger partial charge in [-0.2, -0.15) is 8.42 Å². The Bertz CT molecular complexity index is 1030. The molecule has 0 radical (unpaired) electrons. The Balaban J connectivity index is 1.70. The number of halogens is 2. The lowest BCUT2D eigenvalue weighted by molar-refractivity contribution is -0.117. The Kier molecular flexibility index (Phi) is 4.48. The van der Waals surface area contributed by atoms with E-state index in [0.29, 0.717) is 30.0 Å². The molecule has 0 unspecified atom stereocenters. The van der Waals surface area contributed by atoms with Gasteiger partial charge in [-0.05, 0) is 37.8 Å². The standard InChI is InChI=1S/C17H18F2N4O4S/c18-10-1-3-11(4-2-10)22-7-13(20-9-22)12-5-6-14(24)17(16(12)19)23-8-15(25)21-28(23,26)27/h5-7,9-11,24H,1-4,8H2,(H,21,25). The summed E-state index contributed by atoms with van der Waals surface area (Å²) in [6, 6.07) is 2.50. The van der Waals surface area contributed by atoms with Crippen molar-refractivity contribution in [3.8, 4) is 17.0 Å². The average Bonchev–Trinajstić information content (AvgIpc) is 3.20. The number of nitrogens with zero attached hydrogens (tertiary/aromatic N) is 3. The van der Waals surface area contributed by atoms with E-state index in [2.05, 4.69) is 4.98 Å². The molecule has 2 N–H and O–H groups in total. The molecule has 0 bridgehead atoms. The predicted molar refractivity (Wildman–Crippen MR) is 96.1 cm³/mol. The largest absolute Gasteiger partial charge is 0.506 e. The van der Waals surface area contributed by atoms with E-state index in [9.17, 15) is 22.7 Å². The highest BCUT2D eigenvalue weighted by atomic mass is 32.2. The quantitative estimate of drug-likeness (QED) is 0.803. The second-order valence-electron chi connectivity index (χ2n) is 6.94. The molecule has 4 rings (SSSR count). The van der Waals surface area contributed by atoms with Crippen molar-refractivity contribution in [2.75, 3.05) is 10.8 Å². The Hall–Kier alpha value is -2.69. The molecular formula is C17H18F2N4O4S. The van der Waals surface area contributed by atoms with Gasteiger partial charge >= 0.3 is 10.2 Å². The van der Waals surface area contributed by atoms with Gasteiger partial charge in [0.05, 0.1) is 12.0 Å². The molecule has 1 aromatic heterocycles. The zero-order valence-electron chi connectivity index (χ0n) is 14.7. The van der Waals surface area contributed by atoms with Gasteiger partial charge in [0.15, 0.2) is 5.82 Å². The third-order valence-corrected chi connectivity index (χ3v) is 6.47. The second kappa shape index (κ2) is 6.73. The number of rotatable bonds is 3. The molecule has 1 amide bonds. The highest BCUT2D eigenvalue weighted by Crippen LogP contribution is 2.39. The van der Waals surface area contributed by atoms with Crippen molar-refractivity contribution in [2.45, 2.75) is 37.9 Å². The Labute approximate surface area is 160 Å².